The molecule has 2 aromatic rings. The van der Waals surface area contributed by atoms with Crippen LogP contribution in [0.3, 0.4) is 0 Å². The van der Waals surface area contributed by atoms with Crippen molar-refractivity contribution < 1.29 is 9.53 Å². The molecule has 0 atom stereocenters. The van der Waals surface area contributed by atoms with Crippen LogP contribution in [0.5, 0.6) is 5.75 Å². The second-order valence-electron chi connectivity index (χ2n) is 5.03. The summed E-state index contributed by atoms with van der Waals surface area (Å²) in [6, 6.07) is 17.4. The molecule has 0 bridgehead atoms. The van der Waals surface area contributed by atoms with Crippen molar-refractivity contribution in [2.45, 2.75) is 6.54 Å². The van der Waals surface area contributed by atoms with Gasteiger partial charge in [0.2, 0.25) is 0 Å². The van der Waals surface area contributed by atoms with Crippen LogP contribution in [0.15, 0.2) is 59.5 Å². The molecule has 0 unspecified atom stereocenters. The zero-order valence-electron chi connectivity index (χ0n) is 12.6. The Morgan fingerprint density at radius 3 is 2.48 bits per heavy atom. The van der Waals surface area contributed by atoms with E-state index in [0.29, 0.717) is 15.8 Å². The Labute approximate surface area is 144 Å². The largest absolute Gasteiger partial charge is 0.497 e. The number of thioether (sulfide) groups is 1. The third-order valence-corrected chi connectivity index (χ3v) is 4.85. The molecular weight excluding hydrogens is 326 g/mol. The fourth-order valence-corrected chi connectivity index (χ4v) is 3.51. The van der Waals surface area contributed by atoms with Gasteiger partial charge in [0, 0.05) is 0 Å². The molecule has 0 spiro atoms. The van der Waals surface area contributed by atoms with Gasteiger partial charge in [0.25, 0.3) is 5.91 Å². The van der Waals surface area contributed by atoms with E-state index in [1.54, 1.807) is 12.0 Å². The number of hydrogen-bond donors (Lipinski definition) is 0. The van der Waals surface area contributed by atoms with E-state index in [4.69, 9.17) is 17.0 Å². The number of methoxy groups -OCH3 is 1. The summed E-state index contributed by atoms with van der Waals surface area (Å²) in [4.78, 5) is 14.9. The zero-order valence-corrected chi connectivity index (χ0v) is 14.2. The maximum Gasteiger partial charge on any atom is 0.266 e. The monoisotopic (exact) mass is 341 g/mol. The number of hydrogen-bond acceptors (Lipinski definition) is 4. The van der Waals surface area contributed by atoms with Crippen LogP contribution in [0.1, 0.15) is 11.1 Å². The normalized spacial score (nSPS) is 16.2. The van der Waals surface area contributed by atoms with Crippen molar-refractivity contribution in [1.82, 2.24) is 4.90 Å². The van der Waals surface area contributed by atoms with E-state index in [1.165, 1.54) is 11.8 Å². The number of ether oxygens (including phenoxy) is 1. The topological polar surface area (TPSA) is 29.5 Å². The highest BCUT2D eigenvalue weighted by Crippen LogP contribution is 2.33. The van der Waals surface area contributed by atoms with Gasteiger partial charge in [0.1, 0.15) is 10.1 Å². The lowest BCUT2D eigenvalue weighted by atomic mass is 10.2. The summed E-state index contributed by atoms with van der Waals surface area (Å²) in [7, 11) is 1.63. The Balaban J connectivity index is 1.77. The highest BCUT2D eigenvalue weighted by atomic mass is 32.2. The molecule has 0 aromatic heterocycles. The number of nitrogens with zero attached hydrogens (tertiary/aromatic N) is 1. The maximum absolute atomic E-state index is 12.6. The summed E-state index contributed by atoms with van der Waals surface area (Å²) in [6.45, 7) is 0.473. The van der Waals surface area contributed by atoms with Gasteiger partial charge in [-0.25, -0.2) is 0 Å². The molecule has 0 aliphatic carbocycles. The first-order valence-corrected chi connectivity index (χ1v) is 8.33. The van der Waals surface area contributed by atoms with Crippen molar-refractivity contribution in [2.75, 3.05) is 7.11 Å². The lowest BCUT2D eigenvalue weighted by Gasteiger charge is -2.14. The molecule has 1 fully saturated rings. The predicted molar refractivity (Wildman–Crippen MR) is 98.2 cm³/mol. The van der Waals surface area contributed by atoms with E-state index in [2.05, 4.69) is 0 Å². The van der Waals surface area contributed by atoms with Gasteiger partial charge in [-0.1, -0.05) is 66.4 Å². The molecule has 1 saturated heterocycles. The lowest BCUT2D eigenvalue weighted by molar-refractivity contribution is -0.122. The molecule has 1 amide bonds. The molecule has 2 aromatic carbocycles. The van der Waals surface area contributed by atoms with Gasteiger partial charge in [-0.3, -0.25) is 9.69 Å². The molecule has 3 rings (SSSR count). The zero-order chi connectivity index (χ0) is 16.2. The van der Waals surface area contributed by atoms with E-state index in [9.17, 15) is 4.79 Å². The van der Waals surface area contributed by atoms with Crippen molar-refractivity contribution in [1.29, 1.82) is 0 Å². The summed E-state index contributed by atoms with van der Waals surface area (Å²) in [5.74, 6) is 0.753. The van der Waals surface area contributed by atoms with Gasteiger partial charge in [-0.15, -0.1) is 0 Å². The first kappa shape index (κ1) is 15.8. The van der Waals surface area contributed by atoms with Crippen LogP contribution >= 0.6 is 24.0 Å². The summed E-state index contributed by atoms with van der Waals surface area (Å²) < 4.78 is 5.74. The Kier molecular flexibility index (Phi) is 4.79. The van der Waals surface area contributed by atoms with E-state index in [-0.39, 0.29) is 5.91 Å². The molecule has 116 valence electrons. The summed E-state index contributed by atoms with van der Waals surface area (Å²) in [5.41, 5.74) is 2.01. The van der Waals surface area contributed by atoms with Crippen LogP contribution in [-0.2, 0) is 11.3 Å². The fourth-order valence-electron chi connectivity index (χ4n) is 2.25. The number of carbonyl (C=O) groups excluding carboxylic acids is 1. The minimum atomic E-state index is -0.0420. The smallest absolute Gasteiger partial charge is 0.266 e. The molecule has 0 N–H and O–H groups in total. The number of benzene rings is 2. The summed E-state index contributed by atoms with van der Waals surface area (Å²) >= 11 is 6.71. The first-order chi connectivity index (χ1) is 11.2. The Morgan fingerprint density at radius 2 is 1.83 bits per heavy atom. The Morgan fingerprint density at radius 1 is 1.13 bits per heavy atom. The van der Waals surface area contributed by atoms with Crippen LogP contribution in [0, 0.1) is 0 Å². The number of rotatable bonds is 4. The first-order valence-electron chi connectivity index (χ1n) is 7.11. The number of thiocarbonyl (C=S) groups is 1. The molecule has 0 saturated carbocycles. The van der Waals surface area contributed by atoms with Gasteiger partial charge in [0.05, 0.1) is 18.6 Å². The minimum Gasteiger partial charge on any atom is -0.497 e. The fraction of sp³-hybridized carbons (Fsp3) is 0.111. The van der Waals surface area contributed by atoms with E-state index in [1.807, 2.05) is 60.7 Å². The predicted octanol–water partition coefficient (Wildman–Crippen LogP) is 4.10. The third-order valence-electron chi connectivity index (χ3n) is 3.47. The molecule has 3 nitrogen and oxygen atoms in total. The van der Waals surface area contributed by atoms with Crippen molar-refractivity contribution in [3.63, 3.8) is 0 Å². The highest BCUT2D eigenvalue weighted by Gasteiger charge is 2.31. The van der Waals surface area contributed by atoms with Crippen molar-refractivity contribution in [3.8, 4) is 5.75 Å². The molecule has 1 aliphatic rings. The van der Waals surface area contributed by atoms with Crippen LogP contribution in [0.25, 0.3) is 6.08 Å². The third kappa shape index (κ3) is 3.63. The highest BCUT2D eigenvalue weighted by molar-refractivity contribution is 8.26. The number of carbonyl (C=O) groups is 1. The second-order valence-corrected chi connectivity index (χ2v) is 6.70. The van der Waals surface area contributed by atoms with Gasteiger partial charge < -0.3 is 4.74 Å². The molecule has 1 heterocycles. The van der Waals surface area contributed by atoms with Gasteiger partial charge in [0.15, 0.2) is 0 Å². The van der Waals surface area contributed by atoms with Gasteiger partial charge in [-0.2, -0.15) is 0 Å². The van der Waals surface area contributed by atoms with Gasteiger partial charge in [-0.05, 0) is 29.3 Å². The summed E-state index contributed by atoms with van der Waals surface area (Å²) in [5, 5.41) is 0. The molecule has 1 aliphatic heterocycles. The van der Waals surface area contributed by atoms with E-state index >= 15 is 0 Å². The average Bonchev–Trinajstić information content (AvgIpc) is 2.84. The standard InChI is InChI=1S/C18H15NO2S2/c1-21-15-9-7-14(8-10-15)12-19-17(20)16(23-18(19)22)11-13-5-3-2-4-6-13/h2-11H,12H2,1H3/b16-11-. The second kappa shape index (κ2) is 6.98. The summed E-state index contributed by atoms with van der Waals surface area (Å²) in [6.07, 6.45) is 1.88. The maximum atomic E-state index is 12.6. The minimum absolute atomic E-state index is 0.0420. The Bertz CT molecular complexity index is 754. The Hall–Kier alpha value is -2.11. The van der Waals surface area contributed by atoms with Crippen molar-refractivity contribution in [2.24, 2.45) is 0 Å². The van der Waals surface area contributed by atoms with Crippen LogP contribution in [0.4, 0.5) is 0 Å². The van der Waals surface area contributed by atoms with Crippen molar-refractivity contribution in [3.05, 3.63) is 70.6 Å². The SMILES string of the molecule is COc1ccc(CN2C(=O)/C(=C/c3ccccc3)SC2=S)cc1. The quantitative estimate of drug-likeness (QED) is 0.619. The van der Waals surface area contributed by atoms with Gasteiger partial charge >= 0.3 is 0 Å². The van der Waals surface area contributed by atoms with E-state index < -0.39 is 0 Å². The van der Waals surface area contributed by atoms with Crippen molar-refractivity contribution >= 4 is 40.3 Å². The molecular formula is C18H15NO2S2. The van der Waals surface area contributed by atoms with Crippen LogP contribution in [-0.4, -0.2) is 22.2 Å². The molecule has 5 heteroatoms. The van der Waals surface area contributed by atoms with Crippen LogP contribution in [0.2, 0.25) is 0 Å². The molecule has 0 radical (unpaired) electrons. The van der Waals surface area contributed by atoms with E-state index in [0.717, 1.165) is 16.9 Å². The van der Waals surface area contributed by atoms with Crippen LogP contribution < -0.4 is 4.74 Å². The number of amides is 1. The molecule has 23 heavy (non-hydrogen) atoms. The average molecular weight is 341 g/mol. The lowest BCUT2D eigenvalue weighted by Crippen LogP contribution is -2.27.